The van der Waals surface area contributed by atoms with Crippen LogP contribution in [-0.2, 0) is 4.74 Å². The average Bonchev–Trinajstić information content (AvgIpc) is 2.57. The van der Waals surface area contributed by atoms with E-state index in [1.165, 1.54) is 0 Å². The molecule has 1 aromatic rings. The van der Waals surface area contributed by atoms with E-state index in [-0.39, 0.29) is 35.6 Å². The second-order valence-corrected chi connectivity index (χ2v) is 6.49. The highest BCUT2D eigenvalue weighted by Gasteiger charge is 2.20. The number of nitrogens with zero attached hydrogens (tertiary/aromatic N) is 2. The molecule has 144 valence electrons. The van der Waals surface area contributed by atoms with E-state index in [4.69, 9.17) is 9.47 Å². The van der Waals surface area contributed by atoms with Crippen LogP contribution in [0.1, 0.15) is 25.5 Å². The molecule has 1 atom stereocenters. The van der Waals surface area contributed by atoms with E-state index in [0.29, 0.717) is 13.1 Å². The van der Waals surface area contributed by atoms with Crippen LogP contribution < -0.4 is 15.4 Å². The number of ether oxygens (including phenoxy) is 2. The fourth-order valence-corrected chi connectivity index (χ4v) is 2.30. The van der Waals surface area contributed by atoms with E-state index < -0.39 is 0 Å². The highest BCUT2D eigenvalue weighted by atomic mass is 127. The quantitative estimate of drug-likeness (QED) is 0.352. The molecule has 0 fully saturated rings. The minimum Gasteiger partial charge on any atom is -0.496 e. The average molecular weight is 464 g/mol. The van der Waals surface area contributed by atoms with Gasteiger partial charge in [-0.05, 0) is 34.0 Å². The van der Waals surface area contributed by atoms with E-state index >= 15 is 0 Å². The molecule has 1 unspecified atom stereocenters. The van der Waals surface area contributed by atoms with Crippen LogP contribution in [0.4, 0.5) is 0 Å². The van der Waals surface area contributed by atoms with Gasteiger partial charge in [0, 0.05) is 32.8 Å². The molecule has 0 aliphatic heterocycles. The van der Waals surface area contributed by atoms with Crippen LogP contribution in [0.3, 0.4) is 0 Å². The van der Waals surface area contributed by atoms with Crippen molar-refractivity contribution < 1.29 is 9.47 Å². The third-order valence-corrected chi connectivity index (χ3v) is 4.04. The van der Waals surface area contributed by atoms with E-state index in [2.05, 4.69) is 40.7 Å². The normalized spacial score (nSPS) is 13.2. The fourth-order valence-electron chi connectivity index (χ4n) is 2.30. The molecule has 0 amide bonds. The van der Waals surface area contributed by atoms with Gasteiger partial charge in [-0.15, -0.1) is 24.0 Å². The van der Waals surface area contributed by atoms with Crippen molar-refractivity contribution in [3.05, 3.63) is 29.8 Å². The van der Waals surface area contributed by atoms with Crippen LogP contribution in [0.2, 0.25) is 0 Å². The maximum atomic E-state index is 5.50. The fraction of sp³-hybridized carbons (Fsp3) is 0.611. The van der Waals surface area contributed by atoms with Gasteiger partial charge in [-0.2, -0.15) is 0 Å². The van der Waals surface area contributed by atoms with Crippen molar-refractivity contribution in [3.8, 4) is 5.75 Å². The van der Waals surface area contributed by atoms with Gasteiger partial charge in [0.05, 0.1) is 18.8 Å². The Morgan fingerprint density at radius 2 is 1.84 bits per heavy atom. The third kappa shape index (κ3) is 7.79. The highest BCUT2D eigenvalue weighted by molar-refractivity contribution is 14.0. The van der Waals surface area contributed by atoms with Crippen molar-refractivity contribution in [2.75, 3.05) is 48.5 Å². The second kappa shape index (κ2) is 11.5. The Labute approximate surface area is 169 Å². The summed E-state index contributed by atoms with van der Waals surface area (Å²) in [6, 6.07) is 8.25. The first-order valence-electron chi connectivity index (χ1n) is 8.13. The molecular weight excluding hydrogens is 431 g/mol. The standard InChI is InChI=1S/C18H32N4O2.HI/c1-18(2,24-7)13-21-17(19-3)20-12-15(22(4)5)14-10-8-9-11-16(14)23-6;/h8-11,15H,12-13H2,1-7H3,(H2,19,20,21);1H. The number of guanidine groups is 1. The van der Waals surface area contributed by atoms with Crippen molar-refractivity contribution in [1.82, 2.24) is 15.5 Å². The van der Waals surface area contributed by atoms with Crippen LogP contribution >= 0.6 is 24.0 Å². The summed E-state index contributed by atoms with van der Waals surface area (Å²) in [6.45, 7) is 5.44. The first kappa shape index (κ1) is 23.9. The number of hydrogen-bond acceptors (Lipinski definition) is 4. The maximum Gasteiger partial charge on any atom is 0.191 e. The number of para-hydroxylation sites is 1. The summed E-state index contributed by atoms with van der Waals surface area (Å²) in [5.74, 6) is 1.64. The predicted octanol–water partition coefficient (Wildman–Crippen LogP) is 2.51. The number of rotatable bonds is 8. The molecule has 0 saturated carbocycles. The van der Waals surface area contributed by atoms with E-state index in [0.717, 1.165) is 17.3 Å². The smallest absolute Gasteiger partial charge is 0.191 e. The summed E-state index contributed by atoms with van der Waals surface area (Å²) >= 11 is 0. The summed E-state index contributed by atoms with van der Waals surface area (Å²) in [5, 5.41) is 6.68. The molecule has 0 heterocycles. The van der Waals surface area contributed by atoms with Crippen molar-refractivity contribution in [2.24, 2.45) is 4.99 Å². The predicted molar refractivity (Wildman–Crippen MR) is 115 cm³/mol. The minimum absolute atomic E-state index is 0. The van der Waals surface area contributed by atoms with E-state index in [1.807, 2.05) is 32.0 Å². The zero-order chi connectivity index (χ0) is 18.2. The third-order valence-electron chi connectivity index (χ3n) is 4.04. The van der Waals surface area contributed by atoms with Gasteiger partial charge >= 0.3 is 0 Å². The highest BCUT2D eigenvalue weighted by Crippen LogP contribution is 2.27. The molecule has 0 radical (unpaired) electrons. The van der Waals surface area contributed by atoms with Crippen LogP contribution in [0.5, 0.6) is 5.75 Å². The molecule has 0 saturated heterocycles. The van der Waals surface area contributed by atoms with Gasteiger partial charge in [0.15, 0.2) is 5.96 Å². The Kier molecular flexibility index (Phi) is 11.0. The zero-order valence-electron chi connectivity index (χ0n) is 16.4. The molecule has 0 aromatic heterocycles. The summed E-state index contributed by atoms with van der Waals surface area (Å²) in [5.41, 5.74) is 0.895. The first-order valence-corrected chi connectivity index (χ1v) is 8.13. The maximum absolute atomic E-state index is 5.50. The number of benzene rings is 1. The van der Waals surface area contributed by atoms with Gasteiger partial charge in [0.2, 0.25) is 0 Å². The number of nitrogens with one attached hydrogen (secondary N) is 2. The summed E-state index contributed by atoms with van der Waals surface area (Å²) in [4.78, 5) is 6.45. The molecule has 0 spiro atoms. The number of hydrogen-bond donors (Lipinski definition) is 2. The van der Waals surface area contributed by atoms with Gasteiger partial charge in [-0.1, -0.05) is 18.2 Å². The Morgan fingerprint density at radius 1 is 1.20 bits per heavy atom. The Bertz CT molecular complexity index is 536. The van der Waals surface area contributed by atoms with Gasteiger partial charge in [0.25, 0.3) is 0 Å². The van der Waals surface area contributed by atoms with Crippen LogP contribution in [0.25, 0.3) is 0 Å². The van der Waals surface area contributed by atoms with Crippen molar-refractivity contribution >= 4 is 29.9 Å². The summed E-state index contributed by atoms with van der Waals surface area (Å²) in [7, 11) is 9.29. The topological polar surface area (TPSA) is 58.1 Å². The molecule has 7 heteroatoms. The lowest BCUT2D eigenvalue weighted by molar-refractivity contribution is 0.0268. The zero-order valence-corrected chi connectivity index (χ0v) is 18.8. The Hall–Kier alpha value is -1.06. The first-order chi connectivity index (χ1) is 11.3. The molecule has 1 aromatic carbocycles. The number of methoxy groups -OCH3 is 2. The summed E-state index contributed by atoms with van der Waals surface area (Å²) in [6.07, 6.45) is 0. The Morgan fingerprint density at radius 3 is 2.36 bits per heavy atom. The van der Waals surface area contributed by atoms with Crippen molar-refractivity contribution in [3.63, 3.8) is 0 Å². The van der Waals surface area contributed by atoms with E-state index in [9.17, 15) is 0 Å². The molecule has 0 aliphatic carbocycles. The van der Waals surface area contributed by atoms with Gasteiger partial charge in [0.1, 0.15) is 5.75 Å². The largest absolute Gasteiger partial charge is 0.496 e. The molecular formula is C18H33IN4O2. The molecule has 0 bridgehead atoms. The van der Waals surface area contributed by atoms with Gasteiger partial charge in [-0.3, -0.25) is 4.99 Å². The van der Waals surface area contributed by atoms with Gasteiger partial charge in [-0.25, -0.2) is 0 Å². The Balaban J connectivity index is 0.00000576. The number of halogens is 1. The minimum atomic E-state index is -0.249. The molecule has 2 N–H and O–H groups in total. The summed E-state index contributed by atoms with van der Waals surface area (Å²) < 4.78 is 10.9. The second-order valence-electron chi connectivity index (χ2n) is 6.49. The lowest BCUT2D eigenvalue weighted by Crippen LogP contribution is -2.47. The van der Waals surface area contributed by atoms with Crippen LogP contribution in [0, 0.1) is 0 Å². The number of likely N-dealkylation sites (N-methyl/N-ethyl adjacent to an activating group) is 1. The molecule has 1 rings (SSSR count). The van der Waals surface area contributed by atoms with E-state index in [1.54, 1.807) is 21.3 Å². The lowest BCUT2D eigenvalue weighted by Gasteiger charge is -2.28. The van der Waals surface area contributed by atoms with Crippen LogP contribution in [0.15, 0.2) is 29.3 Å². The lowest BCUT2D eigenvalue weighted by atomic mass is 10.0. The van der Waals surface area contributed by atoms with Crippen molar-refractivity contribution in [2.45, 2.75) is 25.5 Å². The van der Waals surface area contributed by atoms with Gasteiger partial charge < -0.3 is 25.0 Å². The molecule has 25 heavy (non-hydrogen) atoms. The monoisotopic (exact) mass is 464 g/mol. The molecule has 0 aliphatic rings. The van der Waals surface area contributed by atoms with Crippen LogP contribution in [-0.4, -0.2) is 64.9 Å². The van der Waals surface area contributed by atoms with Crippen molar-refractivity contribution in [1.29, 1.82) is 0 Å². The molecule has 6 nitrogen and oxygen atoms in total. The number of aliphatic imine (C=N–C) groups is 1. The SMILES string of the molecule is CN=C(NCC(c1ccccc1OC)N(C)C)NCC(C)(C)OC.I.